The highest BCUT2D eigenvalue weighted by Crippen LogP contribution is 2.54. The number of hydrogen-bond donors (Lipinski definition) is 1. The second kappa shape index (κ2) is 21.1. The molecular formula is C78H54N10. The van der Waals surface area contributed by atoms with E-state index in [0.717, 1.165) is 112 Å². The van der Waals surface area contributed by atoms with E-state index in [1.54, 1.807) is 0 Å². The monoisotopic (exact) mass is 1130 g/mol. The third-order valence-electron chi connectivity index (χ3n) is 16.9. The van der Waals surface area contributed by atoms with Crippen LogP contribution in [0.15, 0.2) is 291 Å². The fourth-order valence-corrected chi connectivity index (χ4v) is 13.0. The van der Waals surface area contributed by atoms with Gasteiger partial charge in [-0.2, -0.15) is 0 Å². The van der Waals surface area contributed by atoms with Crippen LogP contribution in [0.5, 0.6) is 0 Å². The van der Waals surface area contributed by atoms with Crippen molar-refractivity contribution in [1.29, 1.82) is 0 Å². The number of para-hydroxylation sites is 6. The van der Waals surface area contributed by atoms with Crippen LogP contribution in [-0.2, 0) is 12.8 Å². The van der Waals surface area contributed by atoms with Gasteiger partial charge in [0.05, 0.1) is 96.1 Å². The highest BCUT2D eigenvalue weighted by atomic mass is 15.5. The van der Waals surface area contributed by atoms with Gasteiger partial charge in [-0.25, -0.2) is 24.9 Å². The van der Waals surface area contributed by atoms with Crippen molar-refractivity contribution < 1.29 is 2.74 Å². The zero-order valence-electron chi connectivity index (χ0n) is 49.5. The fourth-order valence-electron chi connectivity index (χ4n) is 13.0. The summed E-state index contributed by atoms with van der Waals surface area (Å²) in [6.45, 7) is 0. The quantitative estimate of drug-likeness (QED) is 0.129. The van der Waals surface area contributed by atoms with Crippen LogP contribution in [0, 0.1) is 0 Å². The normalized spacial score (nSPS) is 13.8. The number of nitrogens with one attached hydrogen (secondary N) is 1. The van der Waals surface area contributed by atoms with Crippen LogP contribution in [0.25, 0.3) is 101 Å². The van der Waals surface area contributed by atoms with E-state index >= 15 is 0 Å². The Morgan fingerprint density at radius 1 is 0.341 bits per heavy atom. The smallest absolute Gasteiger partial charge is 0.220 e. The van der Waals surface area contributed by atoms with Crippen molar-refractivity contribution in [1.82, 2.24) is 33.9 Å². The SMILES string of the molecule is [2H]C([2H])(c1nc(-c2ccccc2)c(-c2ccccc2)nc1-c1ccccc1)c1cccc2c1nc1n(-c3cccc(N4c5ccccc5N5c6cccc(Cc7nc(-c8ccccc8)c(-c8ccccc8)nc7-c7ccccc7)c6NC45)c3)c3ccccc3n21. The van der Waals surface area contributed by atoms with Gasteiger partial charge in [0, 0.05) is 54.6 Å². The standard InChI is InChI=1S/C78H54N10/c1-7-26-51(27-8-1)69-61(79-73(53-30-11-3-12-31-53)75(81-69)55-34-15-5-16-35-55)48-57-38-23-46-67-71(57)83-77-85(63-42-19-21-44-65(63)87(67)77)59-40-25-41-60(50-59)86-64-43-20-22-45-66(64)88-68-47-24-39-58(72(68)84-78(86)88)49-62-70(52-28-9-2-10-29-52)82-76(56-36-17-6-18-37-56)74(80-62)54-32-13-4-14-33-54/h1-47,50,77,83H,48-49H2/i49D2. The third-order valence-corrected chi connectivity index (χ3v) is 16.9. The molecule has 2 aliphatic heterocycles. The molecule has 0 fully saturated rings. The molecule has 1 N–H and O–H groups in total. The minimum absolute atomic E-state index is 0.202. The molecular weight excluding hydrogens is 1080 g/mol. The van der Waals surface area contributed by atoms with Crippen LogP contribution in [0.1, 0.15) is 25.3 Å². The van der Waals surface area contributed by atoms with E-state index in [-0.39, 0.29) is 12.0 Å². The third kappa shape index (κ3) is 8.52. The van der Waals surface area contributed by atoms with Crippen LogP contribution in [0.4, 0.5) is 28.4 Å². The Morgan fingerprint density at radius 2 is 0.761 bits per heavy atom. The Morgan fingerprint density at radius 3 is 1.34 bits per heavy atom. The number of imidazole rings is 2. The Kier molecular flexibility index (Phi) is 11.6. The van der Waals surface area contributed by atoms with Crippen LogP contribution in [0.3, 0.4) is 0 Å². The van der Waals surface area contributed by atoms with Gasteiger partial charge in [0.25, 0.3) is 0 Å². The largest absolute Gasteiger partial charge is 0.346 e. The summed E-state index contributed by atoms with van der Waals surface area (Å²) in [5.41, 5.74) is 21.6. The molecule has 0 spiro atoms. The molecule has 0 bridgehead atoms. The maximum Gasteiger partial charge on any atom is 0.220 e. The first-order valence-corrected chi connectivity index (χ1v) is 29.7. The van der Waals surface area contributed by atoms with Crippen molar-refractivity contribution in [2.75, 3.05) is 15.1 Å². The number of anilines is 5. The van der Waals surface area contributed by atoms with Gasteiger partial charge in [-0.1, -0.05) is 237 Å². The van der Waals surface area contributed by atoms with Crippen molar-refractivity contribution in [3.63, 3.8) is 0 Å². The lowest BCUT2D eigenvalue weighted by Crippen LogP contribution is -2.40. The predicted octanol–water partition coefficient (Wildman–Crippen LogP) is 18.2. The molecule has 1 atom stereocenters. The van der Waals surface area contributed by atoms with Gasteiger partial charge in [0.1, 0.15) is 0 Å². The molecule has 0 saturated carbocycles. The van der Waals surface area contributed by atoms with E-state index in [9.17, 15) is 2.74 Å². The summed E-state index contributed by atoms with van der Waals surface area (Å²) in [7, 11) is 0. The molecule has 0 aliphatic carbocycles. The summed E-state index contributed by atoms with van der Waals surface area (Å²) < 4.78 is 25.1. The zero-order chi connectivity index (χ0) is 59.9. The first-order chi connectivity index (χ1) is 44.4. The van der Waals surface area contributed by atoms with Gasteiger partial charge in [-0.05, 0) is 65.7 Å². The van der Waals surface area contributed by atoms with Crippen LogP contribution in [0.2, 0.25) is 0 Å². The second-order valence-electron chi connectivity index (χ2n) is 22.2. The van der Waals surface area contributed by atoms with Gasteiger partial charge in [-0.15, -0.1) is 0 Å². The molecule has 2 aliphatic rings. The van der Waals surface area contributed by atoms with Crippen LogP contribution >= 0.6 is 0 Å². The Balaban J connectivity index is 0.779. The number of aromatic nitrogens is 7. The zero-order valence-corrected chi connectivity index (χ0v) is 47.5. The van der Waals surface area contributed by atoms with E-state index < -0.39 is 6.37 Å². The summed E-state index contributed by atoms with van der Waals surface area (Å²) in [5, 5.41) is 4.06. The predicted molar refractivity (Wildman–Crippen MR) is 356 cm³/mol. The molecule has 416 valence electrons. The first-order valence-electron chi connectivity index (χ1n) is 30.7. The van der Waals surface area contributed by atoms with Gasteiger partial charge >= 0.3 is 0 Å². The van der Waals surface area contributed by atoms with Crippen molar-refractivity contribution in [3.05, 3.63) is 314 Å². The van der Waals surface area contributed by atoms with Crippen molar-refractivity contribution in [2.45, 2.75) is 19.1 Å². The maximum absolute atomic E-state index is 10.4. The first kappa shape index (κ1) is 48.6. The lowest BCUT2D eigenvalue weighted by Gasteiger charge is -2.28. The molecule has 6 heterocycles. The summed E-state index contributed by atoms with van der Waals surface area (Å²) in [6.07, 6.45) is -1.98. The number of hydrogen-bond acceptors (Lipinski definition) is 8. The molecule has 4 aromatic heterocycles. The van der Waals surface area contributed by atoms with E-state index in [1.807, 2.05) is 133 Å². The molecule has 0 amide bonds. The highest BCUT2D eigenvalue weighted by Gasteiger charge is 2.44. The van der Waals surface area contributed by atoms with Crippen molar-refractivity contribution in [3.8, 4) is 73.2 Å². The lowest BCUT2D eigenvalue weighted by atomic mass is 9.98. The average Bonchev–Trinajstić information content (AvgIpc) is 1.56. The molecule has 11 aromatic carbocycles. The number of benzene rings is 11. The average molecular weight is 1130 g/mol. The van der Waals surface area contributed by atoms with Gasteiger partial charge < -0.3 is 10.2 Å². The van der Waals surface area contributed by atoms with Gasteiger partial charge in [0.2, 0.25) is 5.78 Å². The maximum atomic E-state index is 10.4. The molecule has 0 radical (unpaired) electrons. The summed E-state index contributed by atoms with van der Waals surface area (Å²) in [5.74, 6) is 0.648. The van der Waals surface area contributed by atoms with E-state index in [4.69, 9.17) is 24.9 Å². The molecule has 1 unspecified atom stereocenters. The number of fused-ring (bicyclic) bond motifs is 10. The summed E-state index contributed by atoms with van der Waals surface area (Å²) in [4.78, 5) is 32.2. The fraction of sp³-hybridized carbons (Fsp3) is 0.0385. The topological polar surface area (TPSA) is 92.3 Å². The van der Waals surface area contributed by atoms with Gasteiger partial charge in [0.15, 0.2) is 6.29 Å². The molecule has 10 heteroatoms. The van der Waals surface area contributed by atoms with Crippen LogP contribution < -0.4 is 15.1 Å². The van der Waals surface area contributed by atoms with Crippen molar-refractivity contribution >= 4 is 56.3 Å². The van der Waals surface area contributed by atoms with Gasteiger partial charge in [-0.3, -0.25) is 13.9 Å². The molecule has 0 saturated heterocycles. The highest BCUT2D eigenvalue weighted by molar-refractivity contribution is 5.98. The minimum atomic E-state index is -2.19. The minimum Gasteiger partial charge on any atom is -0.346 e. The summed E-state index contributed by atoms with van der Waals surface area (Å²) in [6, 6.07) is 98.9. The second-order valence-corrected chi connectivity index (χ2v) is 22.2. The summed E-state index contributed by atoms with van der Waals surface area (Å²) >= 11 is 0. The molecule has 88 heavy (non-hydrogen) atoms. The van der Waals surface area contributed by atoms with Crippen molar-refractivity contribution in [2.24, 2.45) is 0 Å². The number of rotatable bonds is 12. The lowest BCUT2D eigenvalue weighted by molar-refractivity contribution is 0.807. The Hall–Kier alpha value is -11.8. The van der Waals surface area contributed by atoms with E-state index in [2.05, 4.69) is 182 Å². The molecule has 15 aromatic rings. The Labute approximate surface area is 511 Å². The Bertz CT molecular complexity index is 5240. The van der Waals surface area contributed by atoms with Crippen LogP contribution in [-0.4, -0.2) is 40.2 Å². The number of nitrogens with zero attached hydrogens (tertiary/aromatic N) is 9. The molecule has 17 rings (SSSR count). The molecule has 10 nitrogen and oxygen atoms in total. The van der Waals surface area contributed by atoms with E-state index in [1.165, 1.54) is 0 Å². The van der Waals surface area contributed by atoms with E-state index in [0.29, 0.717) is 40.4 Å².